The molecule has 0 amide bonds. The van der Waals surface area contributed by atoms with Gasteiger partial charge in [-0.2, -0.15) is 0 Å². The maximum absolute atomic E-state index is 5.49. The molecule has 2 heterocycles. The number of rotatable bonds is 2. The Bertz CT molecular complexity index is 715. The number of hydrogen-bond donors (Lipinski definition) is 0. The predicted octanol–water partition coefficient (Wildman–Crippen LogP) is 2.88. The Balaban J connectivity index is 2.28. The number of nitrogens with zero attached hydrogens (tertiary/aromatic N) is 2. The van der Waals surface area contributed by atoms with Gasteiger partial charge in [-0.3, -0.25) is 0 Å². The van der Waals surface area contributed by atoms with Crippen molar-refractivity contribution in [2.45, 2.75) is 0 Å². The van der Waals surface area contributed by atoms with Gasteiger partial charge in [0.1, 0.15) is 0 Å². The van der Waals surface area contributed by atoms with E-state index in [1.165, 1.54) is 4.26 Å². The minimum atomic E-state index is 0.165. The summed E-state index contributed by atoms with van der Waals surface area (Å²) in [5, 5.41) is 4.08. The number of benzene rings is 1. The zero-order chi connectivity index (χ0) is 11.8. The fourth-order valence-electron chi connectivity index (χ4n) is 1.57. The van der Waals surface area contributed by atoms with E-state index in [1.807, 2.05) is 23.7 Å². The van der Waals surface area contributed by atoms with E-state index in [0.717, 1.165) is 20.9 Å². The molecule has 0 saturated carbocycles. The fraction of sp³-hybridized carbons (Fsp3) is 0.0909. The molecule has 0 bridgehead atoms. The molecular formula is C11H8N2OS2Se. The Morgan fingerprint density at radius 2 is 2.35 bits per heavy atom. The van der Waals surface area contributed by atoms with Gasteiger partial charge in [0.15, 0.2) is 0 Å². The van der Waals surface area contributed by atoms with Crippen molar-refractivity contribution in [3.63, 3.8) is 0 Å². The summed E-state index contributed by atoms with van der Waals surface area (Å²) in [7, 11) is 1.68. The van der Waals surface area contributed by atoms with E-state index < -0.39 is 0 Å². The van der Waals surface area contributed by atoms with Crippen molar-refractivity contribution in [1.29, 1.82) is 0 Å². The van der Waals surface area contributed by atoms with E-state index in [0.29, 0.717) is 0 Å². The molecule has 3 rings (SSSR count). The van der Waals surface area contributed by atoms with Gasteiger partial charge in [-0.15, -0.1) is 0 Å². The van der Waals surface area contributed by atoms with Crippen LogP contribution < -0.4 is 4.74 Å². The van der Waals surface area contributed by atoms with Crippen molar-refractivity contribution >= 4 is 47.9 Å². The Hall–Kier alpha value is -0.941. The molecule has 0 aliphatic rings. The predicted molar refractivity (Wildman–Crippen MR) is 73.3 cm³/mol. The molecule has 3 nitrogen and oxygen atoms in total. The van der Waals surface area contributed by atoms with Crippen molar-refractivity contribution in [3.8, 4) is 10.9 Å². The summed E-state index contributed by atoms with van der Waals surface area (Å²) in [6.07, 6.45) is 1.81. The standard InChI is InChI=1S/C11H8N2OS2Se/c1-14-7-2-3-8-9(6-7)17-13(10(8)15)11-12-4-5-16-11/h2-6H,1H3. The molecule has 0 aliphatic carbocycles. The second-order valence-corrected chi connectivity index (χ2v) is 6.70. The van der Waals surface area contributed by atoms with Gasteiger partial charge in [-0.25, -0.2) is 0 Å². The minimum absolute atomic E-state index is 0.165. The van der Waals surface area contributed by atoms with Gasteiger partial charge in [0, 0.05) is 0 Å². The SMILES string of the molecule is COc1ccc2c(=S)n(-c3nccs3)[se]c2c1. The summed E-state index contributed by atoms with van der Waals surface area (Å²) >= 11 is 7.27. The average molecular weight is 327 g/mol. The monoisotopic (exact) mass is 328 g/mol. The molecule has 6 heteroatoms. The molecule has 0 aliphatic heterocycles. The molecule has 2 aromatic heterocycles. The summed E-state index contributed by atoms with van der Waals surface area (Å²) in [5.41, 5.74) is 0. The Morgan fingerprint density at radius 3 is 3.06 bits per heavy atom. The number of methoxy groups -OCH3 is 1. The first kappa shape index (κ1) is 11.2. The molecule has 17 heavy (non-hydrogen) atoms. The molecule has 0 radical (unpaired) electrons. The van der Waals surface area contributed by atoms with Crippen molar-refractivity contribution in [2.24, 2.45) is 0 Å². The maximum atomic E-state index is 5.49. The van der Waals surface area contributed by atoms with E-state index in [-0.39, 0.29) is 14.7 Å². The van der Waals surface area contributed by atoms with Crippen LogP contribution in [0, 0.1) is 4.64 Å². The molecule has 3 aromatic rings. The van der Waals surface area contributed by atoms with Crippen LogP contribution in [0.5, 0.6) is 5.75 Å². The van der Waals surface area contributed by atoms with Crippen molar-refractivity contribution in [1.82, 2.24) is 8.55 Å². The van der Waals surface area contributed by atoms with E-state index in [1.54, 1.807) is 18.4 Å². The van der Waals surface area contributed by atoms with Crippen LogP contribution in [0.25, 0.3) is 14.8 Å². The third kappa shape index (κ3) is 1.87. The quantitative estimate of drug-likeness (QED) is 0.535. The molecule has 0 N–H and O–H groups in total. The molecular weight excluding hydrogens is 319 g/mol. The van der Waals surface area contributed by atoms with Crippen molar-refractivity contribution in [3.05, 3.63) is 34.4 Å². The third-order valence-corrected chi connectivity index (χ3v) is 6.32. The van der Waals surface area contributed by atoms with Crippen LogP contribution in [0.15, 0.2) is 29.8 Å². The van der Waals surface area contributed by atoms with Crippen LogP contribution in [-0.4, -0.2) is 30.4 Å². The Morgan fingerprint density at radius 1 is 1.47 bits per heavy atom. The summed E-state index contributed by atoms with van der Waals surface area (Å²) in [5.74, 6) is 0.884. The summed E-state index contributed by atoms with van der Waals surface area (Å²) in [6, 6.07) is 6.05. The number of aromatic nitrogens is 2. The van der Waals surface area contributed by atoms with Gasteiger partial charge in [0.05, 0.1) is 0 Å². The van der Waals surface area contributed by atoms with Gasteiger partial charge in [-0.1, -0.05) is 0 Å². The topological polar surface area (TPSA) is 27.1 Å². The van der Waals surface area contributed by atoms with Gasteiger partial charge in [0.2, 0.25) is 0 Å². The number of hydrogen-bond acceptors (Lipinski definition) is 4. The first-order chi connectivity index (χ1) is 8.29. The molecule has 0 saturated heterocycles. The average Bonchev–Trinajstić information content (AvgIpc) is 2.97. The summed E-state index contributed by atoms with van der Waals surface area (Å²) in [6.45, 7) is 0. The number of fused-ring (bicyclic) bond motifs is 1. The van der Waals surface area contributed by atoms with Crippen LogP contribution >= 0.6 is 23.6 Å². The molecule has 1 aromatic carbocycles. The summed E-state index contributed by atoms with van der Waals surface area (Å²) in [4.78, 5) is 4.32. The zero-order valence-corrected chi connectivity index (χ0v) is 12.3. The second-order valence-electron chi connectivity index (χ2n) is 3.37. The molecule has 0 atom stereocenters. The third-order valence-electron chi connectivity index (χ3n) is 2.39. The van der Waals surface area contributed by atoms with Crippen LogP contribution in [-0.2, 0) is 0 Å². The van der Waals surface area contributed by atoms with E-state index in [9.17, 15) is 0 Å². The fourth-order valence-corrected chi connectivity index (χ4v) is 5.21. The van der Waals surface area contributed by atoms with Crippen LogP contribution in [0.3, 0.4) is 0 Å². The first-order valence-corrected chi connectivity index (χ1v) is 7.80. The van der Waals surface area contributed by atoms with Crippen molar-refractivity contribution < 1.29 is 4.74 Å². The second kappa shape index (κ2) is 4.38. The van der Waals surface area contributed by atoms with Crippen LogP contribution in [0.4, 0.5) is 0 Å². The van der Waals surface area contributed by atoms with E-state index in [4.69, 9.17) is 17.0 Å². The summed E-state index contributed by atoms with van der Waals surface area (Å²) < 4.78 is 9.49. The zero-order valence-electron chi connectivity index (χ0n) is 8.91. The number of thiazole rings is 1. The molecule has 0 unspecified atom stereocenters. The first-order valence-electron chi connectivity index (χ1n) is 4.89. The number of ether oxygens (including phenoxy) is 1. The van der Waals surface area contributed by atoms with Gasteiger partial charge < -0.3 is 0 Å². The van der Waals surface area contributed by atoms with Gasteiger partial charge in [-0.05, 0) is 0 Å². The Kier molecular flexibility index (Phi) is 2.88. The normalized spacial score (nSPS) is 10.9. The van der Waals surface area contributed by atoms with Gasteiger partial charge in [0.25, 0.3) is 0 Å². The Labute approximate surface area is 113 Å². The molecule has 0 spiro atoms. The van der Waals surface area contributed by atoms with Crippen molar-refractivity contribution in [2.75, 3.05) is 7.11 Å². The molecule has 86 valence electrons. The van der Waals surface area contributed by atoms with E-state index >= 15 is 0 Å². The van der Waals surface area contributed by atoms with Crippen LogP contribution in [0.1, 0.15) is 0 Å². The van der Waals surface area contributed by atoms with Gasteiger partial charge >= 0.3 is 114 Å². The molecule has 0 fully saturated rings. The van der Waals surface area contributed by atoms with E-state index in [2.05, 4.69) is 14.6 Å². The van der Waals surface area contributed by atoms with Crippen LogP contribution in [0.2, 0.25) is 0 Å².